The van der Waals surface area contributed by atoms with E-state index >= 15 is 0 Å². The van der Waals surface area contributed by atoms with E-state index in [4.69, 9.17) is 11.6 Å². The third-order valence-electron chi connectivity index (χ3n) is 3.46. The van der Waals surface area contributed by atoms with Gasteiger partial charge in [0.15, 0.2) is 0 Å². The van der Waals surface area contributed by atoms with Crippen molar-refractivity contribution in [3.05, 3.63) is 47.5 Å². The molecule has 5 heteroatoms. The summed E-state index contributed by atoms with van der Waals surface area (Å²) in [6.45, 7) is 2.17. The van der Waals surface area contributed by atoms with Gasteiger partial charge in [-0.1, -0.05) is 49.9 Å². The Labute approximate surface area is 124 Å². The first-order valence-electron chi connectivity index (χ1n) is 7.00. The number of hydrogen-bond donors (Lipinski definition) is 1. The lowest BCUT2D eigenvalue weighted by Crippen LogP contribution is -2.18. The Hall–Kier alpha value is -1.39. The molecule has 1 aromatic heterocycles. The first-order chi connectivity index (χ1) is 9.72. The highest BCUT2D eigenvalue weighted by atomic mass is 35.5. The fourth-order valence-electron chi connectivity index (χ4n) is 2.31. The van der Waals surface area contributed by atoms with Crippen LogP contribution in [0.4, 0.5) is 0 Å². The van der Waals surface area contributed by atoms with Crippen LogP contribution in [-0.4, -0.2) is 19.9 Å². The molecule has 4 nitrogen and oxygen atoms in total. The molecule has 2 aromatic rings. The normalized spacial score (nSPS) is 14.2. The first kappa shape index (κ1) is 15.0. The van der Waals surface area contributed by atoms with E-state index < -0.39 is 6.10 Å². The number of rotatable bonds is 7. The second-order valence-corrected chi connectivity index (χ2v) is 5.37. The Morgan fingerprint density at radius 3 is 2.60 bits per heavy atom. The van der Waals surface area contributed by atoms with Gasteiger partial charge in [-0.2, -0.15) is 5.10 Å². The molecule has 0 saturated heterocycles. The maximum atomic E-state index is 10.6. The minimum absolute atomic E-state index is 0.0924. The monoisotopic (exact) mass is 293 g/mol. The van der Waals surface area contributed by atoms with Crippen LogP contribution in [0.5, 0.6) is 0 Å². The molecule has 1 aromatic carbocycles. The predicted molar refractivity (Wildman–Crippen MR) is 79.6 cm³/mol. The predicted octanol–water partition coefficient (Wildman–Crippen LogP) is 3.79. The van der Waals surface area contributed by atoms with Crippen molar-refractivity contribution in [2.45, 2.75) is 44.8 Å². The summed E-state index contributed by atoms with van der Waals surface area (Å²) in [5, 5.41) is 15.5. The lowest BCUT2D eigenvalue weighted by atomic mass is 9.97. The van der Waals surface area contributed by atoms with Gasteiger partial charge in [0.25, 0.3) is 0 Å². The minimum Gasteiger partial charge on any atom is -0.386 e. The van der Waals surface area contributed by atoms with E-state index in [1.54, 1.807) is 23.1 Å². The Kier molecular flexibility index (Phi) is 5.56. The van der Waals surface area contributed by atoms with E-state index in [0.717, 1.165) is 31.2 Å². The first-order valence-corrected chi connectivity index (χ1v) is 7.37. The number of aliphatic hydroxyl groups excluding tert-OH is 1. The number of unbranched alkanes of at least 4 members (excludes halogenated alkanes) is 2. The number of halogens is 1. The molecule has 1 heterocycles. The zero-order valence-electron chi connectivity index (χ0n) is 11.6. The van der Waals surface area contributed by atoms with Crippen LogP contribution >= 0.6 is 11.6 Å². The van der Waals surface area contributed by atoms with Gasteiger partial charge in [-0.3, -0.25) is 0 Å². The number of nitrogens with zero attached hydrogens (tertiary/aromatic N) is 3. The largest absolute Gasteiger partial charge is 0.386 e. The highest BCUT2D eigenvalue weighted by Gasteiger charge is 2.22. The van der Waals surface area contributed by atoms with E-state index in [1.165, 1.54) is 6.33 Å². The molecule has 0 fully saturated rings. The summed E-state index contributed by atoms with van der Waals surface area (Å²) in [7, 11) is 0. The Morgan fingerprint density at radius 1 is 1.25 bits per heavy atom. The lowest BCUT2D eigenvalue weighted by molar-refractivity contribution is 0.0990. The Morgan fingerprint density at radius 2 is 2.00 bits per heavy atom. The summed E-state index contributed by atoms with van der Waals surface area (Å²) >= 11 is 5.89. The molecular formula is C15H20ClN3O. The smallest absolute Gasteiger partial charge is 0.137 e. The fraction of sp³-hybridized carbons (Fsp3) is 0.467. The van der Waals surface area contributed by atoms with Crippen molar-refractivity contribution in [2.24, 2.45) is 0 Å². The molecule has 1 N–H and O–H groups in total. The van der Waals surface area contributed by atoms with Gasteiger partial charge in [0.1, 0.15) is 18.8 Å². The molecule has 0 aliphatic rings. The third kappa shape index (κ3) is 3.81. The molecule has 2 rings (SSSR count). The zero-order valence-corrected chi connectivity index (χ0v) is 12.4. The SMILES string of the molecule is CCCCCC(C(O)c1ccc(Cl)cc1)n1cncn1. The molecule has 2 atom stereocenters. The maximum absolute atomic E-state index is 10.6. The van der Waals surface area contributed by atoms with Crippen LogP contribution in [0.3, 0.4) is 0 Å². The van der Waals surface area contributed by atoms with Crippen molar-refractivity contribution in [1.82, 2.24) is 14.8 Å². The van der Waals surface area contributed by atoms with Gasteiger partial charge < -0.3 is 5.11 Å². The second kappa shape index (κ2) is 7.41. The van der Waals surface area contributed by atoms with Gasteiger partial charge in [0.2, 0.25) is 0 Å². The van der Waals surface area contributed by atoms with Crippen molar-refractivity contribution in [2.75, 3.05) is 0 Å². The minimum atomic E-state index is -0.606. The molecule has 0 aliphatic carbocycles. The molecule has 108 valence electrons. The summed E-state index contributed by atoms with van der Waals surface area (Å²) in [4.78, 5) is 3.98. The summed E-state index contributed by atoms with van der Waals surface area (Å²) < 4.78 is 1.74. The van der Waals surface area contributed by atoms with Crippen LogP contribution in [0.15, 0.2) is 36.9 Å². The van der Waals surface area contributed by atoms with Gasteiger partial charge in [-0.25, -0.2) is 9.67 Å². The molecule has 0 amide bonds. The third-order valence-corrected chi connectivity index (χ3v) is 3.71. The van der Waals surface area contributed by atoms with Gasteiger partial charge in [0.05, 0.1) is 6.04 Å². The van der Waals surface area contributed by atoms with Crippen molar-refractivity contribution < 1.29 is 5.11 Å². The number of hydrogen-bond acceptors (Lipinski definition) is 3. The molecule has 2 unspecified atom stereocenters. The van der Waals surface area contributed by atoms with Gasteiger partial charge >= 0.3 is 0 Å². The van der Waals surface area contributed by atoms with Crippen LogP contribution in [0.2, 0.25) is 5.02 Å². The van der Waals surface area contributed by atoms with Gasteiger partial charge in [-0.05, 0) is 24.1 Å². The van der Waals surface area contributed by atoms with Crippen molar-refractivity contribution >= 4 is 11.6 Å². The fourth-order valence-corrected chi connectivity index (χ4v) is 2.44. The summed E-state index contributed by atoms with van der Waals surface area (Å²) in [5.74, 6) is 0. The standard InChI is InChI=1S/C15H20ClN3O/c1-2-3-4-5-14(19-11-17-10-18-19)15(20)12-6-8-13(16)9-7-12/h6-11,14-15,20H,2-5H2,1H3. The van der Waals surface area contributed by atoms with E-state index in [-0.39, 0.29) is 6.04 Å². The molecular weight excluding hydrogens is 274 g/mol. The summed E-state index contributed by atoms with van der Waals surface area (Å²) in [6.07, 6.45) is 6.80. The summed E-state index contributed by atoms with van der Waals surface area (Å²) in [5.41, 5.74) is 0.853. The van der Waals surface area contributed by atoms with Crippen molar-refractivity contribution in [3.8, 4) is 0 Å². The number of benzene rings is 1. The number of aromatic nitrogens is 3. The van der Waals surface area contributed by atoms with E-state index in [0.29, 0.717) is 5.02 Å². The van der Waals surface area contributed by atoms with Crippen molar-refractivity contribution in [3.63, 3.8) is 0 Å². The Bertz CT molecular complexity index is 498. The average Bonchev–Trinajstić information content (AvgIpc) is 2.98. The topological polar surface area (TPSA) is 50.9 Å². The highest BCUT2D eigenvalue weighted by Crippen LogP contribution is 2.30. The van der Waals surface area contributed by atoms with Gasteiger partial charge in [0, 0.05) is 5.02 Å². The lowest BCUT2D eigenvalue weighted by Gasteiger charge is -2.23. The van der Waals surface area contributed by atoms with E-state index in [9.17, 15) is 5.11 Å². The second-order valence-electron chi connectivity index (χ2n) is 4.94. The van der Waals surface area contributed by atoms with Gasteiger partial charge in [-0.15, -0.1) is 0 Å². The van der Waals surface area contributed by atoms with Crippen LogP contribution in [0.25, 0.3) is 0 Å². The van der Waals surface area contributed by atoms with Crippen LogP contribution < -0.4 is 0 Å². The molecule has 20 heavy (non-hydrogen) atoms. The Balaban J connectivity index is 2.14. The average molecular weight is 294 g/mol. The summed E-state index contributed by atoms with van der Waals surface area (Å²) in [6, 6.07) is 7.22. The zero-order chi connectivity index (χ0) is 14.4. The van der Waals surface area contributed by atoms with E-state index in [2.05, 4.69) is 17.0 Å². The quantitative estimate of drug-likeness (QED) is 0.790. The molecule has 0 aliphatic heterocycles. The maximum Gasteiger partial charge on any atom is 0.137 e. The van der Waals surface area contributed by atoms with E-state index in [1.807, 2.05) is 12.1 Å². The molecule has 0 bridgehead atoms. The molecule has 0 radical (unpaired) electrons. The van der Waals surface area contributed by atoms with Crippen LogP contribution in [-0.2, 0) is 0 Å². The van der Waals surface area contributed by atoms with Crippen LogP contribution in [0.1, 0.15) is 50.3 Å². The molecule has 0 spiro atoms. The highest BCUT2D eigenvalue weighted by molar-refractivity contribution is 6.30. The van der Waals surface area contributed by atoms with Crippen molar-refractivity contribution in [1.29, 1.82) is 0 Å². The van der Waals surface area contributed by atoms with Crippen LogP contribution in [0, 0.1) is 0 Å². The number of aliphatic hydroxyl groups is 1. The molecule has 0 saturated carbocycles.